The number of amides is 1. The van der Waals surface area contributed by atoms with Gasteiger partial charge in [-0.25, -0.2) is 0 Å². The molecule has 1 aliphatic rings. The maximum atomic E-state index is 12.1. The van der Waals surface area contributed by atoms with Crippen molar-refractivity contribution in [1.82, 2.24) is 10.6 Å². The van der Waals surface area contributed by atoms with Crippen molar-refractivity contribution in [2.75, 3.05) is 26.8 Å². The Morgan fingerprint density at radius 3 is 3.05 bits per heavy atom. The number of ether oxygens (including phenoxy) is 2. The van der Waals surface area contributed by atoms with Gasteiger partial charge in [-0.05, 0) is 37.5 Å². The van der Waals surface area contributed by atoms with Gasteiger partial charge < -0.3 is 20.1 Å². The van der Waals surface area contributed by atoms with Gasteiger partial charge in [0.1, 0.15) is 11.8 Å². The van der Waals surface area contributed by atoms with E-state index in [1.165, 1.54) is 0 Å². The van der Waals surface area contributed by atoms with E-state index < -0.39 is 0 Å². The summed E-state index contributed by atoms with van der Waals surface area (Å²) in [5.41, 5.74) is 2.27. The average molecular weight is 292 g/mol. The second-order valence-electron chi connectivity index (χ2n) is 5.35. The van der Waals surface area contributed by atoms with Crippen LogP contribution >= 0.6 is 0 Å². The van der Waals surface area contributed by atoms with Crippen molar-refractivity contribution in [1.29, 1.82) is 0 Å². The fourth-order valence-electron chi connectivity index (χ4n) is 2.49. The van der Waals surface area contributed by atoms with E-state index in [-0.39, 0.29) is 18.1 Å². The molecule has 0 aromatic heterocycles. The Kier molecular flexibility index (Phi) is 5.59. The van der Waals surface area contributed by atoms with Crippen LogP contribution in [-0.2, 0) is 16.0 Å². The molecule has 116 valence electrons. The first kappa shape index (κ1) is 15.8. The molecule has 1 heterocycles. The topological polar surface area (TPSA) is 59.6 Å². The predicted molar refractivity (Wildman–Crippen MR) is 81.6 cm³/mol. The van der Waals surface area contributed by atoms with Gasteiger partial charge in [0, 0.05) is 13.1 Å². The van der Waals surface area contributed by atoms with E-state index in [0.29, 0.717) is 13.2 Å². The highest BCUT2D eigenvalue weighted by Crippen LogP contribution is 2.19. The first-order valence-corrected chi connectivity index (χ1v) is 7.38. The summed E-state index contributed by atoms with van der Waals surface area (Å²) < 4.78 is 10.8. The number of hydrogen-bond acceptors (Lipinski definition) is 4. The molecule has 0 radical (unpaired) electrons. The average Bonchev–Trinajstić information content (AvgIpc) is 2.49. The molecule has 1 aromatic carbocycles. The number of carbonyl (C=O) groups excluding carboxylic acids is 1. The van der Waals surface area contributed by atoms with Crippen LogP contribution in [0.3, 0.4) is 0 Å². The van der Waals surface area contributed by atoms with Crippen molar-refractivity contribution >= 4 is 5.91 Å². The molecule has 0 bridgehead atoms. The van der Waals surface area contributed by atoms with Crippen molar-refractivity contribution in [3.63, 3.8) is 0 Å². The number of aryl methyl sites for hydroxylation is 1. The molecule has 1 saturated heterocycles. The zero-order chi connectivity index (χ0) is 15.2. The highest BCUT2D eigenvalue weighted by Gasteiger charge is 2.27. The zero-order valence-corrected chi connectivity index (χ0v) is 12.9. The molecular formula is C16H24N2O3. The normalized spacial score (nSPS) is 21.9. The van der Waals surface area contributed by atoms with Crippen LogP contribution < -0.4 is 15.4 Å². The van der Waals surface area contributed by atoms with E-state index in [2.05, 4.69) is 16.7 Å². The third-order valence-electron chi connectivity index (χ3n) is 3.78. The monoisotopic (exact) mass is 292 g/mol. The summed E-state index contributed by atoms with van der Waals surface area (Å²) in [6.45, 7) is 5.92. The van der Waals surface area contributed by atoms with E-state index in [9.17, 15) is 4.79 Å². The second-order valence-corrected chi connectivity index (χ2v) is 5.35. The van der Waals surface area contributed by atoms with Gasteiger partial charge in [0.15, 0.2) is 0 Å². The summed E-state index contributed by atoms with van der Waals surface area (Å²) in [6, 6.07) is 5.86. The van der Waals surface area contributed by atoms with Gasteiger partial charge in [0.05, 0.1) is 19.8 Å². The smallest absolute Gasteiger partial charge is 0.239 e. The van der Waals surface area contributed by atoms with E-state index in [4.69, 9.17) is 9.47 Å². The summed E-state index contributed by atoms with van der Waals surface area (Å²) >= 11 is 0. The standard InChI is InChI=1S/C16H24N2O3/c1-11-4-5-13(10-14(11)20-3)6-7-18-16(19)15-12(2)21-9-8-17-15/h4-5,10,12,15,17H,6-9H2,1-3H3,(H,18,19)/t12-,15+/m1/s1. The van der Waals surface area contributed by atoms with Crippen molar-refractivity contribution in [3.05, 3.63) is 29.3 Å². The summed E-state index contributed by atoms with van der Waals surface area (Å²) in [6.07, 6.45) is 0.697. The Bertz CT molecular complexity index is 490. The Morgan fingerprint density at radius 2 is 2.33 bits per heavy atom. The minimum Gasteiger partial charge on any atom is -0.496 e. The number of carbonyl (C=O) groups is 1. The molecule has 0 aliphatic carbocycles. The first-order valence-electron chi connectivity index (χ1n) is 7.38. The van der Waals surface area contributed by atoms with Crippen LogP contribution in [-0.4, -0.2) is 44.9 Å². The summed E-state index contributed by atoms with van der Waals surface area (Å²) in [5, 5.41) is 6.15. The fraction of sp³-hybridized carbons (Fsp3) is 0.562. The fourth-order valence-corrected chi connectivity index (χ4v) is 2.49. The molecule has 21 heavy (non-hydrogen) atoms. The maximum absolute atomic E-state index is 12.1. The summed E-state index contributed by atoms with van der Waals surface area (Å²) in [4.78, 5) is 12.1. The van der Waals surface area contributed by atoms with E-state index in [0.717, 1.165) is 29.8 Å². The largest absolute Gasteiger partial charge is 0.496 e. The lowest BCUT2D eigenvalue weighted by Crippen LogP contribution is -2.55. The van der Waals surface area contributed by atoms with E-state index in [1.54, 1.807) is 7.11 Å². The Morgan fingerprint density at radius 1 is 1.52 bits per heavy atom. The Hall–Kier alpha value is -1.59. The summed E-state index contributed by atoms with van der Waals surface area (Å²) in [7, 11) is 1.67. The highest BCUT2D eigenvalue weighted by atomic mass is 16.5. The maximum Gasteiger partial charge on any atom is 0.239 e. The number of benzene rings is 1. The molecule has 1 fully saturated rings. The van der Waals surface area contributed by atoms with Crippen molar-refractivity contribution < 1.29 is 14.3 Å². The predicted octanol–water partition coefficient (Wildman–Crippen LogP) is 1.04. The number of hydrogen-bond donors (Lipinski definition) is 2. The van der Waals surface area contributed by atoms with Crippen LogP contribution in [0.25, 0.3) is 0 Å². The minimum absolute atomic E-state index is 0.00118. The molecule has 5 nitrogen and oxygen atoms in total. The molecule has 1 aliphatic heterocycles. The van der Waals surface area contributed by atoms with Crippen molar-refractivity contribution in [3.8, 4) is 5.75 Å². The molecule has 0 unspecified atom stereocenters. The summed E-state index contributed by atoms with van der Waals surface area (Å²) in [5.74, 6) is 0.885. The SMILES string of the molecule is COc1cc(CCNC(=O)[C@H]2NCCO[C@@H]2C)ccc1C. The van der Waals surface area contributed by atoms with E-state index >= 15 is 0 Å². The van der Waals surface area contributed by atoms with Gasteiger partial charge in [-0.1, -0.05) is 12.1 Å². The zero-order valence-electron chi connectivity index (χ0n) is 12.9. The lowest BCUT2D eigenvalue weighted by Gasteiger charge is -2.29. The van der Waals surface area contributed by atoms with E-state index in [1.807, 2.05) is 26.0 Å². The van der Waals surface area contributed by atoms with Gasteiger partial charge in [-0.3, -0.25) is 4.79 Å². The molecule has 0 saturated carbocycles. The molecular weight excluding hydrogens is 268 g/mol. The van der Waals surface area contributed by atoms with Crippen LogP contribution in [0.1, 0.15) is 18.1 Å². The third kappa shape index (κ3) is 4.19. The quantitative estimate of drug-likeness (QED) is 0.851. The molecule has 2 atom stereocenters. The molecule has 1 amide bonds. The molecule has 0 spiro atoms. The molecule has 2 rings (SSSR count). The van der Waals surface area contributed by atoms with Gasteiger partial charge in [0.25, 0.3) is 0 Å². The lowest BCUT2D eigenvalue weighted by molar-refractivity contribution is -0.128. The van der Waals surface area contributed by atoms with Crippen LogP contribution in [0.15, 0.2) is 18.2 Å². The van der Waals surface area contributed by atoms with Crippen LogP contribution in [0.4, 0.5) is 0 Å². The number of nitrogens with one attached hydrogen (secondary N) is 2. The number of morpholine rings is 1. The molecule has 5 heteroatoms. The second kappa shape index (κ2) is 7.43. The first-order chi connectivity index (χ1) is 10.1. The van der Waals surface area contributed by atoms with Gasteiger partial charge >= 0.3 is 0 Å². The van der Waals surface area contributed by atoms with Gasteiger partial charge in [-0.2, -0.15) is 0 Å². The molecule has 1 aromatic rings. The van der Waals surface area contributed by atoms with Crippen molar-refractivity contribution in [2.45, 2.75) is 32.4 Å². The minimum atomic E-state index is -0.258. The highest BCUT2D eigenvalue weighted by molar-refractivity contribution is 5.82. The molecule has 2 N–H and O–H groups in total. The lowest BCUT2D eigenvalue weighted by atomic mass is 10.1. The van der Waals surface area contributed by atoms with Crippen LogP contribution in [0.2, 0.25) is 0 Å². The van der Waals surface area contributed by atoms with Crippen LogP contribution in [0.5, 0.6) is 5.75 Å². The third-order valence-corrected chi connectivity index (χ3v) is 3.78. The number of rotatable bonds is 5. The Balaban J connectivity index is 1.82. The van der Waals surface area contributed by atoms with Crippen LogP contribution in [0, 0.1) is 6.92 Å². The van der Waals surface area contributed by atoms with Gasteiger partial charge in [-0.15, -0.1) is 0 Å². The Labute approximate surface area is 126 Å². The van der Waals surface area contributed by atoms with Gasteiger partial charge in [0.2, 0.25) is 5.91 Å². The van der Waals surface area contributed by atoms with Crippen molar-refractivity contribution in [2.24, 2.45) is 0 Å². The number of methoxy groups -OCH3 is 1.